The van der Waals surface area contributed by atoms with Gasteiger partial charge in [-0.1, -0.05) is 125 Å². The van der Waals surface area contributed by atoms with E-state index in [1.165, 1.54) is 0 Å². The minimum atomic E-state index is 0.142. The summed E-state index contributed by atoms with van der Waals surface area (Å²) in [4.78, 5) is 0. The fourth-order valence-electron chi connectivity index (χ4n) is 5.00. The van der Waals surface area contributed by atoms with E-state index in [1.54, 1.807) is 0 Å². The van der Waals surface area contributed by atoms with Gasteiger partial charge in [0, 0.05) is 0 Å². The van der Waals surface area contributed by atoms with Crippen molar-refractivity contribution in [3.63, 3.8) is 0 Å². The van der Waals surface area contributed by atoms with Crippen LogP contribution in [0.3, 0.4) is 0 Å². The maximum atomic E-state index is 2.53. The van der Waals surface area contributed by atoms with Crippen molar-refractivity contribution in [3.8, 4) is 0 Å². The summed E-state index contributed by atoms with van der Waals surface area (Å²) >= 11 is 0. The molecule has 0 fully saturated rings. The number of hydrogen-bond donors (Lipinski definition) is 0. The molecule has 26 heavy (non-hydrogen) atoms. The van der Waals surface area contributed by atoms with Crippen molar-refractivity contribution >= 4 is 0 Å². The second-order valence-corrected chi connectivity index (χ2v) is 14.2. The quantitative estimate of drug-likeness (QED) is 0.454. The average molecular weight is 367 g/mol. The van der Waals surface area contributed by atoms with Crippen molar-refractivity contribution in [2.75, 3.05) is 0 Å². The van der Waals surface area contributed by atoms with E-state index in [4.69, 9.17) is 0 Å². The van der Waals surface area contributed by atoms with Crippen molar-refractivity contribution in [1.82, 2.24) is 0 Å². The molecule has 0 N–H and O–H groups in total. The molecule has 0 aromatic heterocycles. The van der Waals surface area contributed by atoms with Crippen LogP contribution < -0.4 is 0 Å². The van der Waals surface area contributed by atoms with E-state index in [9.17, 15) is 0 Å². The van der Waals surface area contributed by atoms with Gasteiger partial charge < -0.3 is 0 Å². The molecule has 0 atom stereocenters. The molecule has 0 aromatic rings. The maximum absolute atomic E-state index is 2.53. The van der Waals surface area contributed by atoms with E-state index in [-0.39, 0.29) is 43.3 Å². The van der Waals surface area contributed by atoms with Crippen LogP contribution in [0.5, 0.6) is 0 Å². The van der Waals surface area contributed by atoms with Crippen molar-refractivity contribution in [2.24, 2.45) is 43.3 Å². The molecule has 0 saturated carbocycles. The monoisotopic (exact) mass is 366 g/mol. The van der Waals surface area contributed by atoms with Gasteiger partial charge >= 0.3 is 0 Å². The summed E-state index contributed by atoms with van der Waals surface area (Å²) in [6.07, 6.45) is 0. The fourth-order valence-corrected chi connectivity index (χ4v) is 5.00. The standard InChI is InChI=1S/C26H54/c1-19(2,3)21(7,8)23(11,12)25(15,16)26(17,18)24(13,14)22(9,10)20(4,5)6/h1-18H3. The summed E-state index contributed by atoms with van der Waals surface area (Å²) in [5, 5.41) is 0. The Labute approximate surface area is 168 Å². The van der Waals surface area contributed by atoms with Gasteiger partial charge in [-0.05, 0) is 43.3 Å². The summed E-state index contributed by atoms with van der Waals surface area (Å²) in [7, 11) is 0. The van der Waals surface area contributed by atoms with Crippen LogP contribution in [0.25, 0.3) is 0 Å². The lowest BCUT2D eigenvalue weighted by molar-refractivity contribution is -0.207. The Kier molecular flexibility index (Phi) is 6.25. The zero-order chi connectivity index (χ0) is 22.0. The highest BCUT2D eigenvalue weighted by Crippen LogP contribution is 2.71. The van der Waals surface area contributed by atoms with Gasteiger partial charge in [0.25, 0.3) is 0 Å². The summed E-state index contributed by atoms with van der Waals surface area (Å²) in [6, 6.07) is 0. The van der Waals surface area contributed by atoms with E-state index in [0.29, 0.717) is 0 Å². The zero-order valence-corrected chi connectivity index (χ0v) is 22.0. The first-order chi connectivity index (χ1) is 10.8. The Morgan fingerprint density at radius 3 is 0.423 bits per heavy atom. The Balaban J connectivity index is 6.61. The van der Waals surface area contributed by atoms with Crippen LogP contribution in [0, 0.1) is 43.3 Å². The van der Waals surface area contributed by atoms with E-state index in [0.717, 1.165) is 0 Å². The fraction of sp³-hybridized carbons (Fsp3) is 1.00. The highest BCUT2D eigenvalue weighted by Gasteiger charge is 2.64. The van der Waals surface area contributed by atoms with Gasteiger partial charge in [-0.15, -0.1) is 0 Å². The SMILES string of the molecule is CC(C)(C)C(C)(C)C(C)(C)C(C)(C)C(C)(C)C(C)(C)C(C)(C)C(C)(C)C. The predicted molar refractivity (Wildman–Crippen MR) is 122 cm³/mol. The molecular weight excluding hydrogens is 312 g/mol. The molecule has 0 aliphatic carbocycles. The third kappa shape index (κ3) is 3.20. The second kappa shape index (κ2) is 6.25. The van der Waals surface area contributed by atoms with E-state index in [2.05, 4.69) is 125 Å². The Morgan fingerprint density at radius 1 is 0.192 bits per heavy atom. The Morgan fingerprint density at radius 2 is 0.308 bits per heavy atom. The highest BCUT2D eigenvalue weighted by atomic mass is 14.7. The van der Waals surface area contributed by atoms with Gasteiger partial charge in [-0.2, -0.15) is 0 Å². The van der Waals surface area contributed by atoms with E-state index < -0.39 is 0 Å². The summed E-state index contributed by atoms with van der Waals surface area (Å²) in [6.45, 7) is 44.5. The van der Waals surface area contributed by atoms with Crippen molar-refractivity contribution in [3.05, 3.63) is 0 Å². The van der Waals surface area contributed by atoms with Gasteiger partial charge in [0.2, 0.25) is 0 Å². The van der Waals surface area contributed by atoms with Crippen LogP contribution in [-0.4, -0.2) is 0 Å². The van der Waals surface area contributed by atoms with Crippen molar-refractivity contribution in [2.45, 2.75) is 125 Å². The molecule has 0 aliphatic rings. The third-order valence-corrected chi connectivity index (χ3v) is 11.6. The van der Waals surface area contributed by atoms with Gasteiger partial charge in [-0.3, -0.25) is 0 Å². The normalized spacial score (nSPS) is 16.8. The smallest absolute Gasteiger partial charge is 0.0241 e. The lowest BCUT2D eigenvalue weighted by Crippen LogP contribution is -2.62. The minimum absolute atomic E-state index is 0.142. The van der Waals surface area contributed by atoms with Crippen LogP contribution in [0.4, 0.5) is 0 Å². The first kappa shape index (κ1) is 26.0. The first-order valence-corrected chi connectivity index (χ1v) is 10.8. The number of rotatable bonds is 5. The Bertz CT molecular complexity index is 445. The molecule has 0 rings (SSSR count). The van der Waals surface area contributed by atoms with Crippen molar-refractivity contribution < 1.29 is 0 Å². The molecule has 0 heterocycles. The molecule has 0 spiro atoms. The molecule has 0 heteroatoms. The highest BCUT2D eigenvalue weighted by molar-refractivity contribution is 5.12. The molecule has 0 amide bonds. The van der Waals surface area contributed by atoms with Crippen LogP contribution in [-0.2, 0) is 0 Å². The zero-order valence-electron chi connectivity index (χ0n) is 22.0. The van der Waals surface area contributed by atoms with Gasteiger partial charge in [0.1, 0.15) is 0 Å². The van der Waals surface area contributed by atoms with Gasteiger partial charge in [0.05, 0.1) is 0 Å². The van der Waals surface area contributed by atoms with Crippen LogP contribution in [0.2, 0.25) is 0 Å². The molecule has 0 aliphatic heterocycles. The van der Waals surface area contributed by atoms with Crippen LogP contribution in [0.1, 0.15) is 125 Å². The van der Waals surface area contributed by atoms with E-state index in [1.807, 2.05) is 0 Å². The summed E-state index contributed by atoms with van der Waals surface area (Å²) in [5.41, 5.74) is 1.48. The summed E-state index contributed by atoms with van der Waals surface area (Å²) < 4.78 is 0. The molecule has 0 saturated heterocycles. The topological polar surface area (TPSA) is 0 Å². The molecule has 0 aromatic carbocycles. The molecule has 0 unspecified atom stereocenters. The first-order valence-electron chi connectivity index (χ1n) is 10.8. The average Bonchev–Trinajstić information content (AvgIpc) is 2.34. The molecule has 0 nitrogen and oxygen atoms in total. The van der Waals surface area contributed by atoms with E-state index >= 15 is 0 Å². The van der Waals surface area contributed by atoms with Crippen LogP contribution >= 0.6 is 0 Å². The third-order valence-electron chi connectivity index (χ3n) is 11.6. The predicted octanol–water partition coefficient (Wildman–Crippen LogP) is 9.24. The second-order valence-electron chi connectivity index (χ2n) is 14.2. The molecule has 0 radical (unpaired) electrons. The lowest BCUT2D eigenvalue weighted by atomic mass is 9.36. The maximum Gasteiger partial charge on any atom is -0.0241 e. The van der Waals surface area contributed by atoms with Crippen LogP contribution in [0.15, 0.2) is 0 Å². The van der Waals surface area contributed by atoms with Gasteiger partial charge in [-0.25, -0.2) is 0 Å². The van der Waals surface area contributed by atoms with Crippen molar-refractivity contribution in [1.29, 1.82) is 0 Å². The number of hydrogen-bond acceptors (Lipinski definition) is 0. The molecule has 158 valence electrons. The van der Waals surface area contributed by atoms with Gasteiger partial charge in [0.15, 0.2) is 0 Å². The largest absolute Gasteiger partial charge is 0.0596 e. The minimum Gasteiger partial charge on any atom is -0.0596 e. The molecular formula is C26H54. The summed E-state index contributed by atoms with van der Waals surface area (Å²) in [5.74, 6) is 0. The Hall–Kier alpha value is 0. The molecule has 0 bridgehead atoms. The lowest BCUT2D eigenvalue weighted by Gasteiger charge is -2.69.